The summed E-state index contributed by atoms with van der Waals surface area (Å²) < 4.78 is 5.00. The summed E-state index contributed by atoms with van der Waals surface area (Å²) in [6, 6.07) is 7.41. The second kappa shape index (κ2) is 5.53. The minimum Gasteiger partial charge on any atom is -0.497 e. The summed E-state index contributed by atoms with van der Waals surface area (Å²) in [6.45, 7) is 0. The van der Waals surface area contributed by atoms with Crippen LogP contribution in [-0.2, 0) is 0 Å². The second-order valence-corrected chi connectivity index (χ2v) is 4.01. The summed E-state index contributed by atoms with van der Waals surface area (Å²) in [5.41, 5.74) is 0.144. The molecular formula is C12H10ClN3O3. The average molecular weight is 280 g/mol. The lowest BCUT2D eigenvalue weighted by Crippen LogP contribution is -2.17. The highest BCUT2D eigenvalue weighted by atomic mass is 35.5. The van der Waals surface area contributed by atoms with Gasteiger partial charge in [-0.15, -0.1) is 0 Å². The van der Waals surface area contributed by atoms with Crippen molar-refractivity contribution >= 4 is 23.2 Å². The first-order valence-electron chi connectivity index (χ1n) is 5.31. The molecule has 2 rings (SSSR count). The van der Waals surface area contributed by atoms with Crippen LogP contribution < -0.4 is 15.6 Å². The van der Waals surface area contributed by atoms with E-state index in [9.17, 15) is 9.59 Å². The van der Waals surface area contributed by atoms with Crippen molar-refractivity contribution in [3.05, 3.63) is 51.4 Å². The fourth-order valence-corrected chi connectivity index (χ4v) is 1.60. The normalized spacial score (nSPS) is 10.0. The van der Waals surface area contributed by atoms with Gasteiger partial charge >= 0.3 is 0 Å². The van der Waals surface area contributed by atoms with E-state index in [-0.39, 0.29) is 11.3 Å². The molecule has 0 saturated heterocycles. The Morgan fingerprint density at radius 1 is 1.37 bits per heavy atom. The largest absolute Gasteiger partial charge is 0.497 e. The second-order valence-electron chi connectivity index (χ2n) is 3.61. The summed E-state index contributed by atoms with van der Waals surface area (Å²) in [5.74, 6) is 0.119. The maximum Gasteiger partial charge on any atom is 0.276 e. The third-order valence-corrected chi connectivity index (χ3v) is 2.65. The number of nitrogens with zero attached hydrogens (tertiary/aromatic N) is 1. The summed E-state index contributed by atoms with van der Waals surface area (Å²) in [5, 5.41) is 8.73. The zero-order valence-electron chi connectivity index (χ0n) is 9.94. The number of ether oxygens (including phenoxy) is 1. The Morgan fingerprint density at radius 2 is 2.16 bits per heavy atom. The average Bonchev–Trinajstić information content (AvgIpc) is 2.41. The Bertz CT molecular complexity index is 649. The van der Waals surface area contributed by atoms with Crippen LogP contribution in [-0.4, -0.2) is 23.2 Å². The highest BCUT2D eigenvalue weighted by Gasteiger charge is 2.10. The molecule has 0 fully saturated rings. The van der Waals surface area contributed by atoms with Crippen molar-refractivity contribution in [2.24, 2.45) is 0 Å². The van der Waals surface area contributed by atoms with Gasteiger partial charge in [-0.1, -0.05) is 11.6 Å². The lowest BCUT2D eigenvalue weighted by Gasteiger charge is -2.07. The van der Waals surface area contributed by atoms with Gasteiger partial charge in [0.05, 0.1) is 17.8 Å². The van der Waals surface area contributed by atoms with E-state index in [0.717, 1.165) is 0 Å². The van der Waals surface area contributed by atoms with Crippen molar-refractivity contribution in [2.75, 3.05) is 12.4 Å². The van der Waals surface area contributed by atoms with Gasteiger partial charge in [-0.05, 0) is 18.2 Å². The number of carbonyl (C=O) groups is 1. The number of aromatic nitrogens is 2. The lowest BCUT2D eigenvalue weighted by atomic mass is 10.3. The van der Waals surface area contributed by atoms with Crippen LogP contribution in [0.15, 0.2) is 35.1 Å². The van der Waals surface area contributed by atoms with Crippen molar-refractivity contribution in [1.82, 2.24) is 10.2 Å². The summed E-state index contributed by atoms with van der Waals surface area (Å²) in [4.78, 5) is 22.7. The topological polar surface area (TPSA) is 84.1 Å². The van der Waals surface area contributed by atoms with Gasteiger partial charge in [-0.2, -0.15) is 5.10 Å². The number of nitrogens with one attached hydrogen (secondary N) is 2. The molecule has 2 aromatic rings. The van der Waals surface area contributed by atoms with E-state index >= 15 is 0 Å². The molecule has 6 nitrogen and oxygen atoms in total. The predicted octanol–water partition coefficient (Wildman–Crippen LogP) is 1.68. The highest BCUT2D eigenvalue weighted by Crippen LogP contribution is 2.26. The molecule has 1 amide bonds. The monoisotopic (exact) mass is 279 g/mol. The molecule has 7 heteroatoms. The predicted molar refractivity (Wildman–Crippen MR) is 70.8 cm³/mol. The van der Waals surface area contributed by atoms with Crippen LogP contribution in [0.5, 0.6) is 5.75 Å². The molecule has 0 radical (unpaired) electrons. The van der Waals surface area contributed by atoms with Gasteiger partial charge in [0, 0.05) is 12.1 Å². The van der Waals surface area contributed by atoms with Gasteiger partial charge in [0.1, 0.15) is 11.4 Å². The van der Waals surface area contributed by atoms with Crippen molar-refractivity contribution < 1.29 is 9.53 Å². The standard InChI is InChI=1S/C12H10ClN3O3/c1-19-7-2-3-9(8(13)6-7)14-12(18)10-4-5-11(17)16-15-10/h2-6H,1H3,(H,14,18)(H,16,17). The molecule has 1 heterocycles. The van der Waals surface area contributed by atoms with E-state index in [4.69, 9.17) is 16.3 Å². The number of methoxy groups -OCH3 is 1. The molecule has 0 spiro atoms. The minimum atomic E-state index is -0.469. The van der Waals surface area contributed by atoms with Crippen molar-refractivity contribution in [2.45, 2.75) is 0 Å². The Balaban J connectivity index is 2.19. The first-order valence-corrected chi connectivity index (χ1v) is 5.68. The third-order valence-electron chi connectivity index (χ3n) is 2.34. The first-order chi connectivity index (χ1) is 9.10. The molecule has 0 atom stereocenters. The lowest BCUT2D eigenvalue weighted by molar-refractivity contribution is 0.102. The van der Waals surface area contributed by atoms with E-state index in [1.807, 2.05) is 0 Å². The molecule has 19 heavy (non-hydrogen) atoms. The van der Waals surface area contributed by atoms with Crippen LogP contribution in [0.4, 0.5) is 5.69 Å². The van der Waals surface area contributed by atoms with Crippen LogP contribution in [0.25, 0.3) is 0 Å². The fourth-order valence-electron chi connectivity index (χ4n) is 1.38. The van der Waals surface area contributed by atoms with E-state index < -0.39 is 5.91 Å². The maximum atomic E-state index is 11.8. The molecule has 0 aliphatic carbocycles. The molecule has 0 unspecified atom stereocenters. The van der Waals surface area contributed by atoms with E-state index in [0.29, 0.717) is 16.5 Å². The maximum absolute atomic E-state index is 11.8. The molecule has 1 aromatic carbocycles. The van der Waals surface area contributed by atoms with E-state index in [1.54, 1.807) is 18.2 Å². The number of hydrogen-bond donors (Lipinski definition) is 2. The number of rotatable bonds is 3. The summed E-state index contributed by atoms with van der Waals surface area (Å²) in [7, 11) is 1.52. The van der Waals surface area contributed by atoms with Gasteiger partial charge in [0.2, 0.25) is 0 Å². The zero-order chi connectivity index (χ0) is 13.8. The Kier molecular flexibility index (Phi) is 3.82. The fraction of sp³-hybridized carbons (Fsp3) is 0.0833. The number of anilines is 1. The third kappa shape index (κ3) is 3.11. The van der Waals surface area contributed by atoms with Crippen LogP contribution in [0.1, 0.15) is 10.5 Å². The zero-order valence-corrected chi connectivity index (χ0v) is 10.7. The first kappa shape index (κ1) is 13.1. The van der Waals surface area contributed by atoms with Crippen LogP contribution in [0.3, 0.4) is 0 Å². The number of aromatic amines is 1. The number of carbonyl (C=O) groups excluding carboxylic acids is 1. The van der Waals surface area contributed by atoms with Gasteiger partial charge in [-0.3, -0.25) is 9.59 Å². The van der Waals surface area contributed by atoms with Crippen molar-refractivity contribution in [3.8, 4) is 5.75 Å². The number of amides is 1. The Labute approximate surface area is 113 Å². The SMILES string of the molecule is COc1ccc(NC(=O)c2ccc(=O)[nH]n2)c(Cl)c1. The Morgan fingerprint density at radius 3 is 2.74 bits per heavy atom. The quantitative estimate of drug-likeness (QED) is 0.895. The smallest absolute Gasteiger partial charge is 0.276 e. The summed E-state index contributed by atoms with van der Waals surface area (Å²) in [6.07, 6.45) is 0. The van der Waals surface area contributed by atoms with Gasteiger partial charge in [-0.25, -0.2) is 5.10 Å². The molecule has 0 saturated carbocycles. The van der Waals surface area contributed by atoms with Gasteiger partial charge in [0.15, 0.2) is 0 Å². The van der Waals surface area contributed by atoms with Crippen LogP contribution in [0.2, 0.25) is 5.02 Å². The summed E-state index contributed by atoms with van der Waals surface area (Å²) >= 11 is 5.99. The van der Waals surface area contributed by atoms with E-state index in [2.05, 4.69) is 15.5 Å². The highest BCUT2D eigenvalue weighted by molar-refractivity contribution is 6.34. The minimum absolute atomic E-state index is 0.0893. The molecule has 2 N–H and O–H groups in total. The van der Waals surface area contributed by atoms with Gasteiger partial charge in [0.25, 0.3) is 11.5 Å². The molecule has 0 aliphatic rings. The number of hydrogen-bond acceptors (Lipinski definition) is 4. The van der Waals surface area contributed by atoms with Crippen LogP contribution in [0, 0.1) is 0 Å². The molecule has 0 bridgehead atoms. The van der Waals surface area contributed by atoms with Crippen molar-refractivity contribution in [1.29, 1.82) is 0 Å². The number of benzene rings is 1. The van der Waals surface area contributed by atoms with E-state index in [1.165, 1.54) is 19.2 Å². The molecule has 98 valence electrons. The van der Waals surface area contributed by atoms with Crippen LogP contribution >= 0.6 is 11.6 Å². The molecule has 0 aliphatic heterocycles. The van der Waals surface area contributed by atoms with Crippen molar-refractivity contribution in [3.63, 3.8) is 0 Å². The number of halogens is 1. The number of H-pyrrole nitrogens is 1. The Hall–Kier alpha value is -2.34. The molecule has 1 aromatic heterocycles. The van der Waals surface area contributed by atoms with Gasteiger partial charge < -0.3 is 10.1 Å². The molecular weight excluding hydrogens is 270 g/mol.